The maximum Gasteiger partial charge on any atom is 0.262 e. The van der Waals surface area contributed by atoms with Gasteiger partial charge in [0.05, 0.1) is 11.4 Å². The minimum absolute atomic E-state index is 0.0625. The van der Waals surface area contributed by atoms with Crippen LogP contribution in [0.3, 0.4) is 0 Å². The van der Waals surface area contributed by atoms with Gasteiger partial charge in [0.1, 0.15) is 5.75 Å². The first-order valence-electron chi connectivity index (χ1n) is 9.73. The third-order valence-electron chi connectivity index (χ3n) is 5.17. The van der Waals surface area contributed by atoms with Crippen molar-refractivity contribution in [1.29, 1.82) is 0 Å². The Morgan fingerprint density at radius 3 is 2.55 bits per heavy atom. The van der Waals surface area contributed by atoms with Crippen molar-refractivity contribution in [1.82, 2.24) is 4.90 Å². The van der Waals surface area contributed by atoms with Crippen molar-refractivity contribution in [3.05, 3.63) is 65.7 Å². The molecule has 1 heterocycles. The van der Waals surface area contributed by atoms with Crippen LogP contribution >= 0.6 is 11.6 Å². The van der Waals surface area contributed by atoms with Gasteiger partial charge in [-0.15, -0.1) is 0 Å². The lowest BCUT2D eigenvalue weighted by molar-refractivity contribution is -0.118. The van der Waals surface area contributed by atoms with Gasteiger partial charge in [-0.25, -0.2) is 0 Å². The average Bonchev–Trinajstić information content (AvgIpc) is 2.73. The molecular weight excluding hydrogens is 386 g/mol. The van der Waals surface area contributed by atoms with Crippen LogP contribution in [-0.4, -0.2) is 50.6 Å². The van der Waals surface area contributed by atoms with Crippen LogP contribution < -0.4 is 15.0 Å². The largest absolute Gasteiger partial charge is 0.484 e. The Labute approximate surface area is 175 Å². The summed E-state index contributed by atoms with van der Waals surface area (Å²) in [5, 5.41) is 5.78. The Kier molecular flexibility index (Phi) is 5.88. The van der Waals surface area contributed by atoms with Crippen LogP contribution in [0.1, 0.15) is 0 Å². The van der Waals surface area contributed by atoms with Gasteiger partial charge < -0.3 is 19.9 Å². The Morgan fingerprint density at radius 1 is 1.00 bits per heavy atom. The van der Waals surface area contributed by atoms with Crippen molar-refractivity contribution < 1.29 is 9.53 Å². The highest BCUT2D eigenvalue weighted by Gasteiger charge is 2.18. The van der Waals surface area contributed by atoms with E-state index in [1.807, 2.05) is 54.6 Å². The Balaban J connectivity index is 1.43. The molecule has 3 aromatic rings. The molecule has 0 spiro atoms. The summed E-state index contributed by atoms with van der Waals surface area (Å²) in [5.74, 6) is 0.458. The second-order valence-corrected chi connectivity index (χ2v) is 7.73. The lowest BCUT2D eigenvalue weighted by atomic mass is 10.1. The van der Waals surface area contributed by atoms with Crippen LogP contribution in [0.4, 0.5) is 11.4 Å². The summed E-state index contributed by atoms with van der Waals surface area (Å²) < 4.78 is 5.71. The number of ether oxygens (including phenoxy) is 1. The van der Waals surface area contributed by atoms with Crippen LogP contribution in [0, 0.1) is 0 Å². The highest BCUT2D eigenvalue weighted by Crippen LogP contribution is 2.30. The van der Waals surface area contributed by atoms with Gasteiger partial charge in [0.25, 0.3) is 5.91 Å². The fraction of sp³-hybridized carbons (Fsp3) is 0.261. The van der Waals surface area contributed by atoms with Gasteiger partial charge in [-0.1, -0.05) is 41.9 Å². The molecule has 1 aliphatic heterocycles. The van der Waals surface area contributed by atoms with E-state index in [0.29, 0.717) is 16.5 Å². The zero-order valence-corrected chi connectivity index (χ0v) is 17.2. The molecule has 6 heteroatoms. The molecule has 1 N–H and O–H groups in total. The summed E-state index contributed by atoms with van der Waals surface area (Å²) in [4.78, 5) is 17.1. The standard InChI is InChI=1S/C23H24ClN3O2/c1-26-10-12-27(13-11-26)22-9-7-19(24)15-21(22)25-23(28)16-29-20-8-6-17-4-2-3-5-18(17)14-20/h2-9,14-15H,10-13,16H2,1H3,(H,25,28). The highest BCUT2D eigenvalue weighted by molar-refractivity contribution is 6.31. The molecule has 0 saturated carbocycles. The Morgan fingerprint density at radius 2 is 1.76 bits per heavy atom. The molecule has 150 valence electrons. The van der Waals surface area contributed by atoms with E-state index in [2.05, 4.69) is 22.2 Å². The first kappa shape index (κ1) is 19.6. The Hall–Kier alpha value is -2.76. The number of likely N-dealkylation sites (N-methyl/N-ethyl adjacent to an activating group) is 1. The molecule has 0 radical (unpaired) electrons. The van der Waals surface area contributed by atoms with Crippen LogP contribution in [0.5, 0.6) is 5.75 Å². The number of carbonyl (C=O) groups is 1. The van der Waals surface area contributed by atoms with Gasteiger partial charge in [-0.05, 0) is 48.2 Å². The monoisotopic (exact) mass is 409 g/mol. The van der Waals surface area contributed by atoms with Crippen molar-refractivity contribution in [2.45, 2.75) is 0 Å². The fourth-order valence-electron chi connectivity index (χ4n) is 3.52. The van der Waals surface area contributed by atoms with E-state index in [0.717, 1.165) is 42.6 Å². The zero-order valence-electron chi connectivity index (χ0n) is 16.4. The van der Waals surface area contributed by atoms with Crippen LogP contribution in [-0.2, 0) is 4.79 Å². The van der Waals surface area contributed by atoms with Crippen molar-refractivity contribution in [2.24, 2.45) is 0 Å². The van der Waals surface area contributed by atoms with E-state index >= 15 is 0 Å². The molecule has 0 aliphatic carbocycles. The molecule has 1 saturated heterocycles. The molecule has 4 rings (SSSR count). The van der Waals surface area contributed by atoms with Crippen molar-refractivity contribution in [2.75, 3.05) is 50.1 Å². The minimum atomic E-state index is -0.212. The third kappa shape index (κ3) is 4.81. The average molecular weight is 410 g/mol. The van der Waals surface area contributed by atoms with Gasteiger partial charge in [-0.3, -0.25) is 4.79 Å². The fourth-order valence-corrected chi connectivity index (χ4v) is 3.70. The maximum atomic E-state index is 12.5. The van der Waals surface area contributed by atoms with Crippen LogP contribution in [0.25, 0.3) is 10.8 Å². The van der Waals surface area contributed by atoms with Gasteiger partial charge in [0.15, 0.2) is 6.61 Å². The predicted molar refractivity (Wildman–Crippen MR) is 119 cm³/mol. The molecular formula is C23H24ClN3O2. The molecule has 1 aliphatic rings. The molecule has 3 aromatic carbocycles. The number of nitrogens with one attached hydrogen (secondary N) is 1. The van der Waals surface area contributed by atoms with Crippen molar-refractivity contribution in [3.8, 4) is 5.75 Å². The van der Waals surface area contributed by atoms with E-state index in [-0.39, 0.29) is 12.5 Å². The summed E-state index contributed by atoms with van der Waals surface area (Å²) in [7, 11) is 2.12. The third-order valence-corrected chi connectivity index (χ3v) is 5.40. The van der Waals surface area contributed by atoms with Gasteiger partial charge in [0.2, 0.25) is 0 Å². The van der Waals surface area contributed by atoms with E-state index in [9.17, 15) is 4.79 Å². The molecule has 5 nitrogen and oxygen atoms in total. The number of carbonyl (C=O) groups excluding carboxylic acids is 1. The van der Waals surface area contributed by atoms with E-state index in [1.54, 1.807) is 6.07 Å². The van der Waals surface area contributed by atoms with Gasteiger partial charge in [0, 0.05) is 31.2 Å². The zero-order chi connectivity index (χ0) is 20.2. The van der Waals surface area contributed by atoms with Crippen molar-refractivity contribution >= 4 is 39.7 Å². The predicted octanol–water partition coefficient (Wildman–Crippen LogP) is 4.26. The molecule has 1 amide bonds. The smallest absolute Gasteiger partial charge is 0.262 e. The lowest BCUT2D eigenvalue weighted by Crippen LogP contribution is -2.44. The number of anilines is 2. The maximum absolute atomic E-state index is 12.5. The number of hydrogen-bond acceptors (Lipinski definition) is 4. The highest BCUT2D eigenvalue weighted by atomic mass is 35.5. The summed E-state index contributed by atoms with van der Waals surface area (Å²) in [5.41, 5.74) is 1.70. The minimum Gasteiger partial charge on any atom is -0.484 e. The van der Waals surface area contributed by atoms with Gasteiger partial charge >= 0.3 is 0 Å². The SMILES string of the molecule is CN1CCN(c2ccc(Cl)cc2NC(=O)COc2ccc3ccccc3c2)CC1. The topological polar surface area (TPSA) is 44.8 Å². The summed E-state index contributed by atoms with van der Waals surface area (Å²) >= 11 is 6.18. The second kappa shape index (κ2) is 8.72. The number of fused-ring (bicyclic) bond motifs is 1. The van der Waals surface area contributed by atoms with Crippen LogP contribution in [0.15, 0.2) is 60.7 Å². The second-order valence-electron chi connectivity index (χ2n) is 7.30. The number of halogens is 1. The van der Waals surface area contributed by atoms with Gasteiger partial charge in [-0.2, -0.15) is 0 Å². The lowest BCUT2D eigenvalue weighted by Gasteiger charge is -2.35. The number of rotatable bonds is 5. The van der Waals surface area contributed by atoms with Crippen molar-refractivity contribution in [3.63, 3.8) is 0 Å². The normalized spacial score (nSPS) is 14.8. The number of benzene rings is 3. The van der Waals surface area contributed by atoms with E-state index < -0.39 is 0 Å². The van der Waals surface area contributed by atoms with E-state index in [1.165, 1.54) is 0 Å². The summed E-state index contributed by atoms with van der Waals surface area (Å²) in [6, 6.07) is 19.5. The quantitative estimate of drug-likeness (QED) is 0.683. The Bertz CT molecular complexity index is 1020. The summed E-state index contributed by atoms with van der Waals surface area (Å²) in [6.45, 7) is 3.73. The number of nitrogens with zero attached hydrogens (tertiary/aromatic N) is 2. The molecule has 29 heavy (non-hydrogen) atoms. The number of hydrogen-bond donors (Lipinski definition) is 1. The molecule has 0 atom stereocenters. The first-order valence-corrected chi connectivity index (χ1v) is 10.1. The van der Waals surface area contributed by atoms with Crippen LogP contribution in [0.2, 0.25) is 5.02 Å². The molecule has 1 fully saturated rings. The molecule has 0 unspecified atom stereocenters. The first-order chi connectivity index (χ1) is 14.1. The molecule has 0 aromatic heterocycles. The number of piperazine rings is 1. The van der Waals surface area contributed by atoms with E-state index in [4.69, 9.17) is 16.3 Å². The molecule has 0 bridgehead atoms. The summed E-state index contributed by atoms with van der Waals surface area (Å²) in [6.07, 6.45) is 0. The number of amides is 1.